The van der Waals surface area contributed by atoms with Crippen LogP contribution in [0.25, 0.3) is 0 Å². The van der Waals surface area contributed by atoms with Gasteiger partial charge in [0.15, 0.2) is 0 Å². The number of ether oxygens (including phenoxy) is 1. The zero-order valence-corrected chi connectivity index (χ0v) is 12.5. The fraction of sp³-hybridized carbons (Fsp3) is 0.533. The van der Waals surface area contributed by atoms with E-state index in [4.69, 9.17) is 4.74 Å². The van der Waals surface area contributed by atoms with Crippen LogP contribution in [0.15, 0.2) is 18.2 Å². The molecule has 1 amide bonds. The van der Waals surface area contributed by atoms with Crippen molar-refractivity contribution >= 4 is 6.09 Å². The number of piperazine rings is 1. The number of nitrogens with one attached hydrogen (secondary N) is 1. The molecule has 1 unspecified atom stereocenters. The van der Waals surface area contributed by atoms with Gasteiger partial charge in [0.1, 0.15) is 17.2 Å². The summed E-state index contributed by atoms with van der Waals surface area (Å²) in [6.07, 6.45) is -0.398. The molecule has 2 rings (SSSR count). The highest BCUT2D eigenvalue weighted by Gasteiger charge is 2.29. The van der Waals surface area contributed by atoms with E-state index in [1.807, 2.05) is 20.8 Å². The molecule has 5 nitrogen and oxygen atoms in total. The molecule has 0 spiro atoms. The average Bonchev–Trinajstić information content (AvgIpc) is 2.40. The number of amides is 1. The molecule has 1 aromatic carbocycles. The minimum absolute atomic E-state index is 0.0138. The molecule has 0 bridgehead atoms. The van der Waals surface area contributed by atoms with Gasteiger partial charge in [0.2, 0.25) is 0 Å². The lowest BCUT2D eigenvalue weighted by Gasteiger charge is -2.35. The molecule has 116 valence electrons. The molecule has 1 atom stereocenters. The molecule has 1 heterocycles. The van der Waals surface area contributed by atoms with Gasteiger partial charge in [0.05, 0.1) is 6.04 Å². The Morgan fingerprint density at radius 3 is 2.86 bits per heavy atom. The monoisotopic (exact) mass is 296 g/mol. The minimum Gasteiger partial charge on any atom is -0.508 e. The first-order chi connectivity index (χ1) is 9.76. The molecule has 0 radical (unpaired) electrons. The number of hydrogen-bond acceptors (Lipinski definition) is 4. The highest BCUT2D eigenvalue weighted by Crippen LogP contribution is 2.27. The fourth-order valence-electron chi connectivity index (χ4n) is 2.26. The van der Waals surface area contributed by atoms with Crippen molar-refractivity contribution in [1.82, 2.24) is 10.2 Å². The first-order valence-corrected chi connectivity index (χ1v) is 6.96. The maximum absolute atomic E-state index is 13.3. The summed E-state index contributed by atoms with van der Waals surface area (Å²) in [5.41, 5.74) is -0.110. The normalized spacial score (nSPS) is 19.4. The Bertz CT molecular complexity index is 528. The fourth-order valence-corrected chi connectivity index (χ4v) is 2.26. The first-order valence-electron chi connectivity index (χ1n) is 6.96. The minimum atomic E-state index is -0.557. The second kappa shape index (κ2) is 5.89. The molecule has 6 heteroatoms. The molecule has 1 saturated heterocycles. The summed E-state index contributed by atoms with van der Waals surface area (Å²) in [6, 6.07) is 3.49. The van der Waals surface area contributed by atoms with E-state index in [2.05, 4.69) is 5.32 Å². The van der Waals surface area contributed by atoms with Crippen LogP contribution in [0.4, 0.5) is 9.18 Å². The standard InChI is InChI=1S/C15H21FN2O3/c1-15(2,3)21-14(20)18-7-6-17-12(9-18)11-8-10(16)4-5-13(11)19/h4-5,8,12,17,19H,6-7,9H2,1-3H3. The lowest BCUT2D eigenvalue weighted by atomic mass is 10.0. The number of halogens is 1. The van der Waals surface area contributed by atoms with E-state index >= 15 is 0 Å². The number of phenols is 1. The van der Waals surface area contributed by atoms with Crippen LogP contribution in [0.2, 0.25) is 0 Å². The lowest BCUT2D eigenvalue weighted by Crippen LogP contribution is -2.49. The number of nitrogens with zero attached hydrogens (tertiary/aromatic N) is 1. The van der Waals surface area contributed by atoms with Crippen LogP contribution in [-0.4, -0.2) is 41.3 Å². The molecule has 0 aliphatic carbocycles. The first kappa shape index (κ1) is 15.6. The van der Waals surface area contributed by atoms with Gasteiger partial charge < -0.3 is 20.1 Å². The number of benzene rings is 1. The summed E-state index contributed by atoms with van der Waals surface area (Å²) in [6.45, 7) is 6.82. The Morgan fingerprint density at radius 1 is 1.48 bits per heavy atom. The third kappa shape index (κ3) is 4.07. The van der Waals surface area contributed by atoms with E-state index in [0.717, 1.165) is 0 Å². The van der Waals surface area contributed by atoms with Gasteiger partial charge in [-0.05, 0) is 39.0 Å². The van der Waals surface area contributed by atoms with Crippen molar-refractivity contribution in [3.63, 3.8) is 0 Å². The quantitative estimate of drug-likeness (QED) is 0.835. The number of aromatic hydroxyl groups is 1. The van der Waals surface area contributed by atoms with E-state index in [0.29, 0.717) is 25.2 Å². The van der Waals surface area contributed by atoms with Crippen molar-refractivity contribution in [2.75, 3.05) is 19.6 Å². The van der Waals surface area contributed by atoms with E-state index in [1.54, 1.807) is 4.90 Å². The maximum atomic E-state index is 13.3. The van der Waals surface area contributed by atoms with Gasteiger partial charge in [-0.2, -0.15) is 0 Å². The van der Waals surface area contributed by atoms with Gasteiger partial charge in [-0.15, -0.1) is 0 Å². The Balaban J connectivity index is 2.10. The van der Waals surface area contributed by atoms with Crippen LogP contribution in [0.3, 0.4) is 0 Å². The predicted molar refractivity (Wildman–Crippen MR) is 76.6 cm³/mol. The van der Waals surface area contributed by atoms with Crippen LogP contribution in [0.5, 0.6) is 5.75 Å². The topological polar surface area (TPSA) is 61.8 Å². The molecule has 1 fully saturated rings. The van der Waals surface area contributed by atoms with Crippen molar-refractivity contribution in [1.29, 1.82) is 0 Å². The molecule has 1 aliphatic heterocycles. The number of rotatable bonds is 1. The zero-order chi connectivity index (χ0) is 15.6. The molecule has 1 aromatic rings. The third-order valence-corrected chi connectivity index (χ3v) is 3.19. The molecule has 0 aromatic heterocycles. The predicted octanol–water partition coefficient (Wildman–Crippen LogP) is 2.41. The van der Waals surface area contributed by atoms with Gasteiger partial charge in [0.25, 0.3) is 0 Å². The smallest absolute Gasteiger partial charge is 0.410 e. The van der Waals surface area contributed by atoms with Crippen molar-refractivity contribution in [2.45, 2.75) is 32.4 Å². The molecule has 21 heavy (non-hydrogen) atoms. The van der Waals surface area contributed by atoms with Gasteiger partial charge in [0, 0.05) is 25.2 Å². The van der Waals surface area contributed by atoms with Crippen LogP contribution in [0, 0.1) is 5.82 Å². The van der Waals surface area contributed by atoms with Crippen molar-refractivity contribution in [2.24, 2.45) is 0 Å². The summed E-state index contributed by atoms with van der Waals surface area (Å²) in [5, 5.41) is 13.0. The largest absolute Gasteiger partial charge is 0.508 e. The second-order valence-electron chi connectivity index (χ2n) is 6.14. The second-order valence-corrected chi connectivity index (χ2v) is 6.14. The Hall–Kier alpha value is -1.82. The molecule has 2 N–H and O–H groups in total. The Kier molecular flexibility index (Phi) is 4.37. The number of carbonyl (C=O) groups excluding carboxylic acids is 1. The van der Waals surface area contributed by atoms with Crippen molar-refractivity contribution in [3.05, 3.63) is 29.6 Å². The highest BCUT2D eigenvalue weighted by atomic mass is 19.1. The van der Waals surface area contributed by atoms with Gasteiger partial charge in [-0.3, -0.25) is 0 Å². The van der Waals surface area contributed by atoms with Gasteiger partial charge in [-0.1, -0.05) is 0 Å². The molecule has 0 saturated carbocycles. The lowest BCUT2D eigenvalue weighted by molar-refractivity contribution is 0.0194. The van der Waals surface area contributed by atoms with E-state index in [1.165, 1.54) is 18.2 Å². The summed E-state index contributed by atoms with van der Waals surface area (Å²) in [7, 11) is 0. The van der Waals surface area contributed by atoms with Crippen molar-refractivity contribution < 1.29 is 19.0 Å². The van der Waals surface area contributed by atoms with Crippen molar-refractivity contribution in [3.8, 4) is 5.75 Å². The van der Waals surface area contributed by atoms with Gasteiger partial charge >= 0.3 is 6.09 Å². The molecular weight excluding hydrogens is 275 g/mol. The van der Waals surface area contributed by atoms with Crippen LogP contribution >= 0.6 is 0 Å². The number of hydrogen-bond donors (Lipinski definition) is 2. The van der Waals surface area contributed by atoms with Crippen LogP contribution in [-0.2, 0) is 4.74 Å². The summed E-state index contributed by atoms with van der Waals surface area (Å²) in [5.74, 6) is -0.404. The zero-order valence-electron chi connectivity index (χ0n) is 12.5. The van der Waals surface area contributed by atoms with E-state index in [9.17, 15) is 14.3 Å². The molecule has 1 aliphatic rings. The third-order valence-electron chi connectivity index (χ3n) is 3.19. The van der Waals surface area contributed by atoms with Gasteiger partial charge in [-0.25, -0.2) is 9.18 Å². The summed E-state index contributed by atoms with van der Waals surface area (Å²) < 4.78 is 18.7. The van der Waals surface area contributed by atoms with Crippen LogP contribution in [0.1, 0.15) is 32.4 Å². The maximum Gasteiger partial charge on any atom is 0.410 e. The highest BCUT2D eigenvalue weighted by molar-refractivity contribution is 5.68. The SMILES string of the molecule is CC(C)(C)OC(=O)N1CCNC(c2cc(F)ccc2O)C1. The number of phenolic OH excluding ortho intramolecular Hbond substituents is 1. The van der Waals surface area contributed by atoms with E-state index in [-0.39, 0.29) is 11.8 Å². The summed E-state index contributed by atoms with van der Waals surface area (Å²) in [4.78, 5) is 13.6. The Labute approximate surface area is 123 Å². The average molecular weight is 296 g/mol. The van der Waals surface area contributed by atoms with Crippen LogP contribution < -0.4 is 5.32 Å². The Morgan fingerprint density at radius 2 is 2.19 bits per heavy atom. The van der Waals surface area contributed by atoms with E-state index < -0.39 is 17.5 Å². The molecular formula is C15H21FN2O3. The number of carbonyl (C=O) groups is 1. The summed E-state index contributed by atoms with van der Waals surface area (Å²) >= 11 is 0.